The molecule has 2 heterocycles. The number of unbranched alkanes of at least 4 members (excludes halogenated alkanes) is 1. The average Bonchev–Trinajstić information content (AvgIpc) is 2.78. The molecule has 1 aliphatic carbocycles. The molecule has 20 heavy (non-hydrogen) atoms. The molecule has 0 saturated heterocycles. The monoisotopic (exact) mass is 292 g/mol. The van der Waals surface area contributed by atoms with Crippen LogP contribution in [-0.4, -0.2) is 20.6 Å². The van der Waals surface area contributed by atoms with E-state index in [0.717, 1.165) is 11.0 Å². The SMILES string of the molecule is CCCC[C@@H](Nc1nn2c(=O)ccnc2s1)C1CCC1. The molecule has 5 nitrogen and oxygen atoms in total. The van der Waals surface area contributed by atoms with Crippen LogP contribution in [0.5, 0.6) is 0 Å². The Labute approximate surface area is 122 Å². The van der Waals surface area contributed by atoms with Crippen LogP contribution < -0.4 is 10.9 Å². The Morgan fingerprint density at radius 1 is 1.55 bits per heavy atom. The highest BCUT2D eigenvalue weighted by atomic mass is 32.1. The fraction of sp³-hybridized carbons (Fsp3) is 0.643. The first-order valence-electron chi connectivity index (χ1n) is 7.39. The van der Waals surface area contributed by atoms with Crippen LogP contribution in [-0.2, 0) is 0 Å². The predicted molar refractivity (Wildman–Crippen MR) is 81.4 cm³/mol. The quantitative estimate of drug-likeness (QED) is 0.889. The van der Waals surface area contributed by atoms with Gasteiger partial charge in [-0.25, -0.2) is 4.98 Å². The van der Waals surface area contributed by atoms with Gasteiger partial charge in [-0.1, -0.05) is 37.5 Å². The van der Waals surface area contributed by atoms with E-state index < -0.39 is 0 Å². The Morgan fingerprint density at radius 3 is 3.05 bits per heavy atom. The smallest absolute Gasteiger partial charge is 0.275 e. The van der Waals surface area contributed by atoms with Crippen molar-refractivity contribution >= 4 is 21.4 Å². The van der Waals surface area contributed by atoms with E-state index in [4.69, 9.17) is 0 Å². The zero-order valence-corrected chi connectivity index (χ0v) is 12.5. The van der Waals surface area contributed by atoms with Crippen LogP contribution in [0, 0.1) is 5.92 Å². The predicted octanol–water partition coefficient (Wildman–Crippen LogP) is 2.92. The van der Waals surface area contributed by atoms with Crippen molar-refractivity contribution in [3.05, 3.63) is 22.6 Å². The topological polar surface area (TPSA) is 59.3 Å². The van der Waals surface area contributed by atoms with Crippen LogP contribution in [0.15, 0.2) is 17.1 Å². The van der Waals surface area contributed by atoms with Crippen molar-refractivity contribution in [2.45, 2.75) is 51.5 Å². The third-order valence-electron chi connectivity index (χ3n) is 4.07. The number of hydrogen-bond acceptors (Lipinski definition) is 5. The molecule has 0 unspecified atom stereocenters. The maximum absolute atomic E-state index is 11.7. The summed E-state index contributed by atoms with van der Waals surface area (Å²) in [5, 5.41) is 8.70. The highest BCUT2D eigenvalue weighted by molar-refractivity contribution is 7.20. The fourth-order valence-corrected chi connectivity index (χ4v) is 3.49. The number of aromatic nitrogens is 3. The van der Waals surface area contributed by atoms with Gasteiger partial charge in [0.1, 0.15) is 0 Å². The van der Waals surface area contributed by atoms with Crippen molar-refractivity contribution in [1.29, 1.82) is 0 Å². The van der Waals surface area contributed by atoms with E-state index in [0.29, 0.717) is 11.0 Å². The molecule has 2 aromatic heterocycles. The lowest BCUT2D eigenvalue weighted by Crippen LogP contribution is -2.33. The lowest BCUT2D eigenvalue weighted by molar-refractivity contribution is 0.263. The van der Waals surface area contributed by atoms with Crippen molar-refractivity contribution in [2.24, 2.45) is 5.92 Å². The number of anilines is 1. The van der Waals surface area contributed by atoms with E-state index in [1.807, 2.05) is 0 Å². The summed E-state index contributed by atoms with van der Waals surface area (Å²) in [5.74, 6) is 0.762. The van der Waals surface area contributed by atoms with Crippen molar-refractivity contribution < 1.29 is 0 Å². The Kier molecular flexibility index (Phi) is 4.00. The summed E-state index contributed by atoms with van der Waals surface area (Å²) < 4.78 is 1.38. The van der Waals surface area contributed by atoms with Crippen molar-refractivity contribution in [2.75, 3.05) is 5.32 Å². The van der Waals surface area contributed by atoms with Gasteiger partial charge in [0.25, 0.3) is 5.56 Å². The van der Waals surface area contributed by atoms with Gasteiger partial charge < -0.3 is 5.32 Å². The Balaban J connectivity index is 1.78. The molecule has 1 N–H and O–H groups in total. The van der Waals surface area contributed by atoms with Gasteiger partial charge in [-0.05, 0) is 25.2 Å². The Hall–Kier alpha value is -1.43. The van der Waals surface area contributed by atoms with E-state index in [1.54, 1.807) is 6.20 Å². The summed E-state index contributed by atoms with van der Waals surface area (Å²) in [6.45, 7) is 2.22. The maximum atomic E-state index is 11.7. The summed E-state index contributed by atoms with van der Waals surface area (Å²) in [6, 6.07) is 1.93. The third-order valence-corrected chi connectivity index (χ3v) is 4.92. The van der Waals surface area contributed by atoms with Gasteiger partial charge >= 0.3 is 0 Å². The number of rotatable bonds is 6. The van der Waals surface area contributed by atoms with E-state index in [2.05, 4.69) is 22.3 Å². The van der Waals surface area contributed by atoms with E-state index >= 15 is 0 Å². The second-order valence-corrected chi connectivity index (χ2v) is 6.42. The second-order valence-electron chi connectivity index (χ2n) is 5.47. The van der Waals surface area contributed by atoms with Gasteiger partial charge in [0.15, 0.2) is 0 Å². The minimum absolute atomic E-state index is 0.118. The first-order chi connectivity index (χ1) is 9.78. The molecule has 0 aromatic carbocycles. The van der Waals surface area contributed by atoms with Crippen LogP contribution in [0.25, 0.3) is 4.96 Å². The molecular formula is C14H20N4OS. The highest BCUT2D eigenvalue weighted by Gasteiger charge is 2.27. The molecule has 0 bridgehead atoms. The van der Waals surface area contributed by atoms with E-state index in [-0.39, 0.29) is 5.56 Å². The molecule has 2 aromatic rings. The summed E-state index contributed by atoms with van der Waals surface area (Å²) in [5.41, 5.74) is -0.118. The van der Waals surface area contributed by atoms with Crippen molar-refractivity contribution in [1.82, 2.24) is 14.6 Å². The van der Waals surface area contributed by atoms with E-state index in [9.17, 15) is 4.79 Å². The highest BCUT2D eigenvalue weighted by Crippen LogP contribution is 2.34. The third kappa shape index (κ3) is 2.70. The first-order valence-corrected chi connectivity index (χ1v) is 8.21. The zero-order chi connectivity index (χ0) is 13.9. The molecule has 0 amide bonds. The van der Waals surface area contributed by atoms with E-state index in [1.165, 1.54) is 60.4 Å². The van der Waals surface area contributed by atoms with Crippen LogP contribution in [0.2, 0.25) is 0 Å². The van der Waals surface area contributed by atoms with Crippen LogP contribution >= 0.6 is 11.3 Å². The lowest BCUT2D eigenvalue weighted by Gasteiger charge is -2.34. The molecule has 0 radical (unpaired) electrons. The average molecular weight is 292 g/mol. The Morgan fingerprint density at radius 2 is 2.40 bits per heavy atom. The number of hydrogen-bond donors (Lipinski definition) is 1. The molecule has 0 aliphatic heterocycles. The molecule has 1 saturated carbocycles. The van der Waals surface area contributed by atoms with Gasteiger partial charge in [-0.3, -0.25) is 4.79 Å². The summed E-state index contributed by atoms with van der Waals surface area (Å²) in [6.07, 6.45) is 9.13. The van der Waals surface area contributed by atoms with Gasteiger partial charge in [-0.2, -0.15) is 4.52 Å². The number of nitrogens with zero attached hydrogens (tertiary/aromatic N) is 3. The normalized spacial score (nSPS) is 17.1. The van der Waals surface area contributed by atoms with Crippen LogP contribution in [0.1, 0.15) is 45.4 Å². The molecular weight excluding hydrogens is 272 g/mol. The molecule has 6 heteroatoms. The van der Waals surface area contributed by atoms with Gasteiger partial charge in [0.2, 0.25) is 10.1 Å². The minimum atomic E-state index is -0.118. The van der Waals surface area contributed by atoms with Gasteiger partial charge in [0, 0.05) is 18.3 Å². The molecule has 0 spiro atoms. The summed E-state index contributed by atoms with van der Waals surface area (Å²) in [7, 11) is 0. The Bertz CT molecular complexity index is 631. The van der Waals surface area contributed by atoms with Crippen molar-refractivity contribution in [3.63, 3.8) is 0 Å². The summed E-state index contributed by atoms with van der Waals surface area (Å²) in [4.78, 5) is 16.5. The van der Waals surface area contributed by atoms with Gasteiger partial charge in [-0.15, -0.1) is 5.10 Å². The number of fused-ring (bicyclic) bond motifs is 1. The fourth-order valence-electron chi connectivity index (χ4n) is 2.65. The molecule has 1 fully saturated rings. The number of nitrogens with one attached hydrogen (secondary N) is 1. The molecule has 1 aliphatic rings. The van der Waals surface area contributed by atoms with Crippen LogP contribution in [0.4, 0.5) is 5.13 Å². The summed E-state index contributed by atoms with van der Waals surface area (Å²) >= 11 is 1.45. The molecule has 108 valence electrons. The zero-order valence-electron chi connectivity index (χ0n) is 11.7. The second kappa shape index (κ2) is 5.91. The van der Waals surface area contributed by atoms with Gasteiger partial charge in [0.05, 0.1) is 0 Å². The standard InChI is InChI=1S/C14H20N4OS/c1-2-3-7-11(10-5-4-6-10)16-13-17-18-12(19)8-9-15-14(18)20-13/h8-11H,2-7H2,1H3,(H,16,17)/t11-/m1/s1. The van der Waals surface area contributed by atoms with Crippen molar-refractivity contribution in [3.8, 4) is 0 Å². The lowest BCUT2D eigenvalue weighted by atomic mass is 9.78. The molecule has 3 rings (SSSR count). The minimum Gasteiger partial charge on any atom is -0.357 e. The molecule has 1 atom stereocenters. The van der Waals surface area contributed by atoms with Crippen LogP contribution in [0.3, 0.4) is 0 Å². The largest absolute Gasteiger partial charge is 0.357 e. The maximum Gasteiger partial charge on any atom is 0.275 e. The first kappa shape index (κ1) is 13.5.